The van der Waals surface area contributed by atoms with Gasteiger partial charge < -0.3 is 10.1 Å². The molecule has 0 saturated heterocycles. The number of anilines is 1. The molecule has 2 heterocycles. The maximum Gasteiger partial charge on any atom is 0.255 e. The highest BCUT2D eigenvalue weighted by Crippen LogP contribution is 2.26. The maximum atomic E-state index is 12.8. The molecule has 2 aromatic carbocycles. The Balaban J connectivity index is 1.56. The van der Waals surface area contributed by atoms with Crippen molar-refractivity contribution in [3.8, 4) is 11.4 Å². The maximum absolute atomic E-state index is 12.8. The average Bonchev–Trinajstić information content (AvgIpc) is 3.47. The molecule has 10 nitrogen and oxygen atoms in total. The van der Waals surface area contributed by atoms with Gasteiger partial charge >= 0.3 is 0 Å². The molecule has 0 aliphatic rings. The molecule has 2 amide bonds. The Kier molecular flexibility index (Phi) is 7.96. The van der Waals surface area contributed by atoms with Crippen LogP contribution in [0.4, 0.5) is 5.13 Å². The summed E-state index contributed by atoms with van der Waals surface area (Å²) in [5, 5.41) is 23.9. The van der Waals surface area contributed by atoms with Crippen LogP contribution in [0.3, 0.4) is 0 Å². The number of carbonyl (C=O) groups is 2. The summed E-state index contributed by atoms with van der Waals surface area (Å²) in [4.78, 5) is 25.3. The number of aryl methyl sites for hydroxylation is 3. The molecular formula is C24H25N7O3S2. The molecule has 4 rings (SSSR count). The van der Waals surface area contributed by atoms with Crippen LogP contribution in [0, 0.1) is 20.8 Å². The van der Waals surface area contributed by atoms with E-state index in [0.29, 0.717) is 27.4 Å². The fraction of sp³-hybridized carbons (Fsp3) is 0.250. The van der Waals surface area contributed by atoms with Crippen molar-refractivity contribution in [3.05, 3.63) is 70.0 Å². The minimum absolute atomic E-state index is 0.106. The van der Waals surface area contributed by atoms with E-state index >= 15 is 0 Å². The van der Waals surface area contributed by atoms with E-state index in [-0.39, 0.29) is 24.1 Å². The van der Waals surface area contributed by atoms with Crippen LogP contribution >= 0.6 is 23.1 Å². The second-order valence-electron chi connectivity index (χ2n) is 7.87. The Morgan fingerprint density at radius 3 is 2.61 bits per heavy atom. The summed E-state index contributed by atoms with van der Waals surface area (Å²) in [5.74, 6) is 0.616. The highest BCUT2D eigenvalue weighted by atomic mass is 32.2. The molecule has 36 heavy (non-hydrogen) atoms. The van der Waals surface area contributed by atoms with Crippen LogP contribution in [0.15, 0.2) is 47.6 Å². The number of hydrogen-bond acceptors (Lipinski definition) is 9. The van der Waals surface area contributed by atoms with Crippen molar-refractivity contribution in [1.82, 2.24) is 30.3 Å². The van der Waals surface area contributed by atoms with Crippen molar-refractivity contribution >= 4 is 40.0 Å². The lowest BCUT2D eigenvalue weighted by molar-refractivity contribution is -0.113. The molecule has 0 atom stereocenters. The standard InChI is InChI=1S/C24H25N7O3S2/c1-14-9-10-15(2)18(11-14)31-20(12-25-22(33)17-7-5-6-8-19(17)34-4)28-30-24(31)35-13-21(32)26-23-29-27-16(3)36-23/h5-11H,12-13H2,1-4H3,(H,25,33)(H,26,29,32). The predicted molar refractivity (Wildman–Crippen MR) is 139 cm³/mol. The minimum Gasteiger partial charge on any atom is -0.496 e. The lowest BCUT2D eigenvalue weighted by atomic mass is 10.1. The van der Waals surface area contributed by atoms with Crippen LogP contribution in [-0.2, 0) is 11.3 Å². The van der Waals surface area contributed by atoms with E-state index in [1.165, 1.54) is 30.2 Å². The Morgan fingerprint density at radius 1 is 1.06 bits per heavy atom. The fourth-order valence-electron chi connectivity index (χ4n) is 3.43. The van der Waals surface area contributed by atoms with E-state index in [1.54, 1.807) is 24.3 Å². The summed E-state index contributed by atoms with van der Waals surface area (Å²) in [6.07, 6.45) is 0. The van der Waals surface area contributed by atoms with Gasteiger partial charge in [-0.3, -0.25) is 19.5 Å². The highest BCUT2D eigenvalue weighted by molar-refractivity contribution is 7.99. The van der Waals surface area contributed by atoms with Crippen LogP contribution in [0.2, 0.25) is 0 Å². The minimum atomic E-state index is -0.288. The van der Waals surface area contributed by atoms with E-state index in [9.17, 15) is 9.59 Å². The number of hydrogen-bond donors (Lipinski definition) is 2. The van der Waals surface area contributed by atoms with Gasteiger partial charge in [0.1, 0.15) is 10.8 Å². The molecule has 0 aliphatic carbocycles. The van der Waals surface area contributed by atoms with Gasteiger partial charge in [-0.25, -0.2) is 0 Å². The van der Waals surface area contributed by atoms with E-state index in [0.717, 1.165) is 21.8 Å². The van der Waals surface area contributed by atoms with Crippen molar-refractivity contribution in [2.45, 2.75) is 32.5 Å². The first-order chi connectivity index (χ1) is 17.4. The smallest absolute Gasteiger partial charge is 0.255 e. The van der Waals surface area contributed by atoms with Crippen molar-refractivity contribution < 1.29 is 14.3 Å². The molecule has 2 aromatic heterocycles. The Hall–Kier alpha value is -3.77. The highest BCUT2D eigenvalue weighted by Gasteiger charge is 2.19. The van der Waals surface area contributed by atoms with Gasteiger partial charge in [0, 0.05) is 0 Å². The van der Waals surface area contributed by atoms with Gasteiger partial charge in [0.05, 0.1) is 30.7 Å². The number of nitrogens with zero attached hydrogens (tertiary/aromatic N) is 5. The topological polar surface area (TPSA) is 124 Å². The molecule has 0 radical (unpaired) electrons. The molecular weight excluding hydrogens is 498 g/mol. The first kappa shape index (κ1) is 25.3. The number of thioether (sulfide) groups is 1. The number of aromatic nitrogens is 5. The van der Waals surface area contributed by atoms with E-state index in [1.807, 2.05) is 43.5 Å². The Bertz CT molecular complexity index is 1400. The number of benzene rings is 2. The number of nitrogens with one attached hydrogen (secondary N) is 2. The molecule has 12 heteroatoms. The van der Waals surface area contributed by atoms with Gasteiger partial charge in [-0.15, -0.1) is 20.4 Å². The molecule has 4 aromatic rings. The van der Waals surface area contributed by atoms with Crippen LogP contribution in [0.1, 0.15) is 32.3 Å². The van der Waals surface area contributed by atoms with Gasteiger partial charge in [0.15, 0.2) is 11.0 Å². The van der Waals surface area contributed by atoms with Crippen LogP contribution < -0.4 is 15.4 Å². The second-order valence-corrected chi connectivity index (χ2v) is 9.99. The summed E-state index contributed by atoms with van der Waals surface area (Å²) >= 11 is 2.56. The Labute approximate surface area is 216 Å². The van der Waals surface area contributed by atoms with Crippen LogP contribution in [0.25, 0.3) is 5.69 Å². The molecule has 2 N–H and O–H groups in total. The number of ether oxygens (including phenoxy) is 1. The normalized spacial score (nSPS) is 10.8. The summed E-state index contributed by atoms with van der Waals surface area (Å²) < 4.78 is 7.17. The largest absolute Gasteiger partial charge is 0.496 e. The van der Waals surface area contributed by atoms with Crippen molar-refractivity contribution in [2.24, 2.45) is 0 Å². The molecule has 0 fully saturated rings. The van der Waals surface area contributed by atoms with E-state index in [4.69, 9.17) is 4.74 Å². The molecule has 0 aliphatic heterocycles. The van der Waals surface area contributed by atoms with E-state index < -0.39 is 0 Å². The lowest BCUT2D eigenvalue weighted by Gasteiger charge is -2.14. The fourth-order valence-corrected chi connectivity index (χ4v) is 4.80. The predicted octanol–water partition coefficient (Wildman–Crippen LogP) is 3.71. The summed E-state index contributed by atoms with van der Waals surface area (Å²) in [6, 6.07) is 13.1. The number of rotatable bonds is 9. The Morgan fingerprint density at radius 2 is 1.86 bits per heavy atom. The first-order valence-electron chi connectivity index (χ1n) is 11.0. The quantitative estimate of drug-likeness (QED) is 0.318. The van der Waals surface area contributed by atoms with Gasteiger partial charge in [0.2, 0.25) is 11.0 Å². The van der Waals surface area contributed by atoms with Gasteiger partial charge in [-0.1, -0.05) is 47.4 Å². The molecule has 0 bridgehead atoms. The van der Waals surface area contributed by atoms with Crippen molar-refractivity contribution in [3.63, 3.8) is 0 Å². The number of carbonyl (C=O) groups excluding carboxylic acids is 2. The van der Waals surface area contributed by atoms with Gasteiger partial charge in [-0.2, -0.15) is 0 Å². The third-order valence-corrected chi connectivity index (χ3v) is 6.85. The number of para-hydroxylation sites is 1. The lowest BCUT2D eigenvalue weighted by Crippen LogP contribution is -2.25. The molecule has 186 valence electrons. The molecule has 0 spiro atoms. The monoisotopic (exact) mass is 523 g/mol. The third kappa shape index (κ3) is 5.89. The SMILES string of the molecule is COc1ccccc1C(=O)NCc1nnc(SCC(=O)Nc2nnc(C)s2)n1-c1cc(C)ccc1C. The van der Waals surface area contributed by atoms with Gasteiger partial charge in [-0.05, 0) is 50.1 Å². The van der Waals surface area contributed by atoms with Crippen LogP contribution in [0.5, 0.6) is 5.75 Å². The van der Waals surface area contributed by atoms with Crippen molar-refractivity contribution in [1.29, 1.82) is 0 Å². The van der Waals surface area contributed by atoms with Crippen LogP contribution in [-0.4, -0.2) is 49.6 Å². The third-order valence-electron chi connectivity index (χ3n) is 5.17. The number of amides is 2. The summed E-state index contributed by atoms with van der Waals surface area (Å²) in [7, 11) is 1.52. The first-order valence-corrected chi connectivity index (χ1v) is 12.8. The van der Waals surface area contributed by atoms with E-state index in [2.05, 4.69) is 31.0 Å². The summed E-state index contributed by atoms with van der Waals surface area (Å²) in [5.41, 5.74) is 3.38. The van der Waals surface area contributed by atoms with Crippen molar-refractivity contribution in [2.75, 3.05) is 18.2 Å². The zero-order valence-electron chi connectivity index (χ0n) is 20.2. The van der Waals surface area contributed by atoms with Gasteiger partial charge in [0.25, 0.3) is 5.91 Å². The zero-order chi connectivity index (χ0) is 25.7. The molecule has 0 saturated carbocycles. The zero-order valence-corrected chi connectivity index (χ0v) is 21.9. The number of methoxy groups -OCH3 is 1. The second kappa shape index (κ2) is 11.3. The molecule has 0 unspecified atom stereocenters. The summed E-state index contributed by atoms with van der Waals surface area (Å²) in [6.45, 7) is 5.95. The average molecular weight is 524 g/mol.